The molecule has 28 heavy (non-hydrogen) atoms. The molecule has 2 N–H and O–H groups in total. The fourth-order valence-corrected chi connectivity index (χ4v) is 3.53. The molecule has 6 nitrogen and oxygen atoms in total. The number of nitrogens with zero attached hydrogens (tertiary/aromatic N) is 2. The van der Waals surface area contributed by atoms with Crippen molar-refractivity contribution in [1.29, 1.82) is 0 Å². The monoisotopic (exact) mass is 376 g/mol. The van der Waals surface area contributed by atoms with Gasteiger partial charge >= 0.3 is 0 Å². The van der Waals surface area contributed by atoms with Crippen LogP contribution >= 0.6 is 0 Å². The normalized spacial score (nSPS) is 21.4. The van der Waals surface area contributed by atoms with Gasteiger partial charge in [0.2, 0.25) is 0 Å². The molecule has 1 amide bonds. The van der Waals surface area contributed by atoms with Gasteiger partial charge < -0.3 is 19.9 Å². The highest BCUT2D eigenvalue weighted by atomic mass is 16.5. The first-order valence-electron chi connectivity index (χ1n) is 9.85. The number of morpholine rings is 1. The van der Waals surface area contributed by atoms with Crippen LogP contribution in [0.3, 0.4) is 0 Å². The maximum absolute atomic E-state index is 12.7. The van der Waals surface area contributed by atoms with Crippen LogP contribution in [-0.4, -0.2) is 50.0 Å². The first kappa shape index (κ1) is 18.8. The number of ether oxygens (including phenoxy) is 1. The quantitative estimate of drug-likeness (QED) is 0.598. The van der Waals surface area contributed by atoms with Crippen molar-refractivity contribution in [2.75, 3.05) is 31.2 Å². The van der Waals surface area contributed by atoms with E-state index < -0.39 is 5.31 Å². The number of hydrogen-bond donors (Lipinski definition) is 2. The van der Waals surface area contributed by atoms with Crippen molar-refractivity contribution >= 4 is 19.4 Å². The predicted octanol–water partition coefficient (Wildman–Crippen LogP) is 2.06. The summed E-state index contributed by atoms with van der Waals surface area (Å²) in [5.41, 5.74) is 3.50. The number of aromatic amines is 1. The van der Waals surface area contributed by atoms with Crippen molar-refractivity contribution in [2.24, 2.45) is 0 Å². The molecule has 2 aromatic rings. The SMILES string of the molecule is [B]C1(c2nc(C(=O)NCc3ccc(N4CCOCC4)cc3)c(CC)[nH]2)C=CC1. The van der Waals surface area contributed by atoms with Crippen LogP contribution in [-0.2, 0) is 23.0 Å². The second-order valence-electron chi connectivity index (χ2n) is 7.36. The Morgan fingerprint density at radius 3 is 2.64 bits per heavy atom. The lowest BCUT2D eigenvalue weighted by atomic mass is 9.60. The number of imidazole rings is 1. The van der Waals surface area contributed by atoms with Crippen molar-refractivity contribution in [2.45, 2.75) is 31.6 Å². The lowest BCUT2D eigenvalue weighted by Crippen LogP contribution is -2.36. The molecule has 4 rings (SSSR count). The van der Waals surface area contributed by atoms with E-state index in [1.807, 2.05) is 19.1 Å². The second-order valence-corrected chi connectivity index (χ2v) is 7.36. The minimum Gasteiger partial charge on any atom is -0.378 e. The molecule has 1 unspecified atom stereocenters. The number of allylic oxidation sites excluding steroid dienone is 2. The van der Waals surface area contributed by atoms with Crippen LogP contribution in [0.15, 0.2) is 36.4 Å². The van der Waals surface area contributed by atoms with Crippen molar-refractivity contribution in [1.82, 2.24) is 15.3 Å². The van der Waals surface area contributed by atoms with Gasteiger partial charge in [-0.25, -0.2) is 4.98 Å². The van der Waals surface area contributed by atoms with Gasteiger partial charge in [0, 0.05) is 36.3 Å². The van der Waals surface area contributed by atoms with Crippen LogP contribution in [0.1, 0.15) is 40.9 Å². The summed E-state index contributed by atoms with van der Waals surface area (Å²) in [4.78, 5) is 22.7. The van der Waals surface area contributed by atoms with E-state index in [0.29, 0.717) is 24.5 Å². The Kier molecular flexibility index (Phi) is 5.26. The number of aryl methyl sites for hydroxylation is 1. The fourth-order valence-electron chi connectivity index (χ4n) is 3.53. The molecule has 7 heteroatoms. The first-order chi connectivity index (χ1) is 13.6. The van der Waals surface area contributed by atoms with Crippen LogP contribution in [0, 0.1) is 0 Å². The van der Waals surface area contributed by atoms with Gasteiger partial charge in [0.05, 0.1) is 21.1 Å². The summed E-state index contributed by atoms with van der Waals surface area (Å²) in [5, 5.41) is 2.40. The van der Waals surface area contributed by atoms with E-state index >= 15 is 0 Å². The van der Waals surface area contributed by atoms with Gasteiger partial charge in [-0.1, -0.05) is 31.2 Å². The molecule has 1 saturated heterocycles. The summed E-state index contributed by atoms with van der Waals surface area (Å²) >= 11 is 0. The predicted molar refractivity (Wildman–Crippen MR) is 110 cm³/mol. The maximum atomic E-state index is 12.7. The lowest BCUT2D eigenvalue weighted by molar-refractivity contribution is 0.0945. The van der Waals surface area contributed by atoms with Gasteiger partial charge in [0.25, 0.3) is 5.91 Å². The van der Waals surface area contributed by atoms with Gasteiger partial charge in [0.1, 0.15) is 11.5 Å². The van der Waals surface area contributed by atoms with Gasteiger partial charge in [-0.15, -0.1) is 0 Å². The van der Waals surface area contributed by atoms with Gasteiger partial charge in [-0.2, -0.15) is 0 Å². The summed E-state index contributed by atoms with van der Waals surface area (Å²) in [7, 11) is 6.28. The van der Waals surface area contributed by atoms with E-state index in [2.05, 4.69) is 44.5 Å². The molecule has 0 bridgehead atoms. The van der Waals surface area contributed by atoms with E-state index in [0.717, 1.165) is 44.0 Å². The number of hydrogen-bond acceptors (Lipinski definition) is 4. The van der Waals surface area contributed by atoms with E-state index in [1.54, 1.807) is 0 Å². The zero-order valence-corrected chi connectivity index (χ0v) is 16.2. The van der Waals surface area contributed by atoms with Gasteiger partial charge in [-0.05, 0) is 30.5 Å². The van der Waals surface area contributed by atoms with Crippen LogP contribution in [0.25, 0.3) is 0 Å². The molecule has 2 heterocycles. The highest BCUT2D eigenvalue weighted by Crippen LogP contribution is 2.32. The first-order valence-corrected chi connectivity index (χ1v) is 9.85. The summed E-state index contributed by atoms with van der Waals surface area (Å²) in [6, 6.07) is 8.29. The molecular weight excluding hydrogens is 351 g/mol. The fraction of sp³-hybridized carbons (Fsp3) is 0.429. The van der Waals surface area contributed by atoms with Crippen molar-refractivity contribution in [3.05, 3.63) is 59.2 Å². The smallest absolute Gasteiger partial charge is 0.272 e. The molecule has 0 spiro atoms. The second kappa shape index (κ2) is 7.83. The van der Waals surface area contributed by atoms with Crippen LogP contribution in [0.5, 0.6) is 0 Å². The number of rotatable bonds is 6. The Hall–Kier alpha value is -2.54. The minimum atomic E-state index is -0.572. The van der Waals surface area contributed by atoms with Gasteiger partial charge in [-0.3, -0.25) is 4.79 Å². The van der Waals surface area contributed by atoms with Crippen LogP contribution in [0.4, 0.5) is 5.69 Å². The Morgan fingerprint density at radius 2 is 2.04 bits per heavy atom. The third-order valence-electron chi connectivity index (χ3n) is 5.42. The standard InChI is InChI=1S/C21H25BN4O2/c1-2-17-18(25-20(24-17)21(22)8-3-9-21)19(27)23-14-15-4-6-16(7-5-15)26-10-12-28-13-11-26/h3-8H,2,9-14H2,1H3,(H,23,27)(H,24,25). The van der Waals surface area contributed by atoms with Crippen LogP contribution < -0.4 is 10.2 Å². The molecule has 2 aliphatic rings. The number of H-pyrrole nitrogens is 1. The minimum absolute atomic E-state index is 0.177. The highest BCUT2D eigenvalue weighted by Gasteiger charge is 2.32. The number of nitrogens with one attached hydrogen (secondary N) is 2. The Bertz CT molecular complexity index is 871. The topological polar surface area (TPSA) is 70.2 Å². The van der Waals surface area contributed by atoms with E-state index in [9.17, 15) is 4.79 Å². The summed E-state index contributed by atoms with van der Waals surface area (Å²) in [6.45, 7) is 5.82. The summed E-state index contributed by atoms with van der Waals surface area (Å²) in [6.07, 6.45) is 5.36. The molecule has 144 valence electrons. The van der Waals surface area contributed by atoms with E-state index in [1.165, 1.54) is 5.69 Å². The highest BCUT2D eigenvalue weighted by molar-refractivity contribution is 6.18. The average Bonchev–Trinajstić information content (AvgIpc) is 3.16. The molecule has 1 fully saturated rings. The molecular formula is C21H25BN4O2. The summed E-state index contributed by atoms with van der Waals surface area (Å²) < 4.78 is 5.40. The van der Waals surface area contributed by atoms with Crippen molar-refractivity contribution in [3.8, 4) is 0 Å². The van der Waals surface area contributed by atoms with Gasteiger partial charge in [0.15, 0.2) is 0 Å². The number of amides is 1. The number of carbonyl (C=O) groups excluding carboxylic acids is 1. The Balaban J connectivity index is 1.39. The van der Waals surface area contributed by atoms with Crippen LogP contribution in [0.2, 0.25) is 0 Å². The number of anilines is 1. The maximum Gasteiger partial charge on any atom is 0.272 e. The lowest BCUT2D eigenvalue weighted by Gasteiger charge is -2.29. The zero-order chi connectivity index (χ0) is 19.6. The number of carbonyl (C=O) groups is 1. The molecule has 1 aromatic carbocycles. The molecule has 1 atom stereocenters. The Morgan fingerprint density at radius 1 is 1.32 bits per heavy atom. The van der Waals surface area contributed by atoms with Crippen molar-refractivity contribution < 1.29 is 9.53 Å². The van der Waals surface area contributed by atoms with E-state index in [-0.39, 0.29) is 5.91 Å². The molecule has 1 aliphatic carbocycles. The molecule has 1 aliphatic heterocycles. The van der Waals surface area contributed by atoms with Crippen molar-refractivity contribution in [3.63, 3.8) is 0 Å². The average molecular weight is 376 g/mol. The largest absolute Gasteiger partial charge is 0.378 e. The third kappa shape index (κ3) is 3.71. The molecule has 0 saturated carbocycles. The number of aromatic nitrogens is 2. The Labute approximate surface area is 166 Å². The van der Waals surface area contributed by atoms with E-state index in [4.69, 9.17) is 12.6 Å². The third-order valence-corrected chi connectivity index (χ3v) is 5.42. The zero-order valence-electron chi connectivity index (χ0n) is 16.2. The summed E-state index contributed by atoms with van der Waals surface area (Å²) in [5.74, 6) is 0.482. The molecule has 1 aromatic heterocycles. The molecule has 2 radical (unpaired) electrons. The number of benzene rings is 1.